The van der Waals surface area contributed by atoms with Crippen molar-refractivity contribution in [2.45, 2.75) is 58.4 Å². The van der Waals surface area contributed by atoms with Crippen LogP contribution in [0.2, 0.25) is 0 Å². The zero-order chi connectivity index (χ0) is 14.7. The van der Waals surface area contributed by atoms with E-state index >= 15 is 0 Å². The van der Waals surface area contributed by atoms with Crippen LogP contribution in [0, 0.1) is 5.41 Å². The van der Waals surface area contributed by atoms with Crippen molar-refractivity contribution in [2.24, 2.45) is 5.41 Å². The Bertz CT molecular complexity index is 594. The quantitative estimate of drug-likeness (QED) is 0.630. The van der Waals surface area contributed by atoms with Gasteiger partial charge in [-0.1, -0.05) is 44.7 Å². The number of para-hydroxylation sites is 2. The first-order chi connectivity index (χ1) is 10.3. The Morgan fingerprint density at radius 3 is 2.52 bits per heavy atom. The van der Waals surface area contributed by atoms with Gasteiger partial charge in [0.25, 0.3) is 0 Å². The van der Waals surface area contributed by atoms with Gasteiger partial charge in [-0.2, -0.15) is 12.6 Å². The summed E-state index contributed by atoms with van der Waals surface area (Å²) in [5.74, 6) is 2.21. The van der Waals surface area contributed by atoms with Crippen molar-refractivity contribution in [2.75, 3.05) is 5.75 Å². The second kappa shape index (κ2) is 6.43. The van der Waals surface area contributed by atoms with Crippen LogP contribution in [0.25, 0.3) is 11.0 Å². The number of fused-ring (bicyclic) bond motifs is 1. The largest absolute Gasteiger partial charge is 0.327 e. The van der Waals surface area contributed by atoms with E-state index < -0.39 is 0 Å². The van der Waals surface area contributed by atoms with Gasteiger partial charge in [0.15, 0.2) is 0 Å². The maximum atomic E-state index is 4.82. The molecule has 1 saturated carbocycles. The molecule has 1 aliphatic carbocycles. The summed E-state index contributed by atoms with van der Waals surface area (Å²) in [6.45, 7) is 3.29. The van der Waals surface area contributed by atoms with E-state index in [1.165, 1.54) is 49.9 Å². The zero-order valence-corrected chi connectivity index (χ0v) is 13.9. The van der Waals surface area contributed by atoms with E-state index in [2.05, 4.69) is 35.8 Å². The van der Waals surface area contributed by atoms with Gasteiger partial charge in [0.05, 0.1) is 11.0 Å². The number of nitrogens with zero attached hydrogens (tertiary/aromatic N) is 2. The van der Waals surface area contributed by atoms with Crippen molar-refractivity contribution >= 4 is 23.7 Å². The molecule has 2 nitrogen and oxygen atoms in total. The van der Waals surface area contributed by atoms with E-state index in [4.69, 9.17) is 17.6 Å². The lowest BCUT2D eigenvalue weighted by atomic mass is 9.82. The molecule has 3 heteroatoms. The highest BCUT2D eigenvalue weighted by Gasteiger charge is 2.31. The fourth-order valence-electron chi connectivity index (χ4n) is 3.75. The smallest absolute Gasteiger partial charge is 0.109 e. The lowest BCUT2D eigenvalue weighted by Crippen LogP contribution is -2.29. The Labute approximate surface area is 133 Å². The molecule has 0 atom stereocenters. The van der Waals surface area contributed by atoms with Crippen LogP contribution in [0.5, 0.6) is 0 Å². The van der Waals surface area contributed by atoms with Gasteiger partial charge >= 0.3 is 0 Å². The van der Waals surface area contributed by atoms with Crippen molar-refractivity contribution in [3.63, 3.8) is 0 Å². The van der Waals surface area contributed by atoms with Gasteiger partial charge < -0.3 is 4.57 Å². The Hall–Kier alpha value is -0.960. The molecule has 1 aliphatic rings. The average molecular weight is 302 g/mol. The topological polar surface area (TPSA) is 17.8 Å². The number of hydrogen-bond donors (Lipinski definition) is 1. The van der Waals surface area contributed by atoms with Gasteiger partial charge in [-0.05, 0) is 36.1 Å². The number of aromatic nitrogens is 2. The third kappa shape index (κ3) is 2.98. The predicted molar refractivity (Wildman–Crippen MR) is 93.1 cm³/mol. The van der Waals surface area contributed by atoms with E-state index in [0.717, 1.165) is 24.2 Å². The van der Waals surface area contributed by atoms with Crippen molar-refractivity contribution in [1.82, 2.24) is 9.55 Å². The maximum absolute atomic E-state index is 4.82. The number of aryl methyl sites for hydroxylation is 1. The number of hydrogen-bond acceptors (Lipinski definition) is 2. The molecule has 1 aromatic heterocycles. The fraction of sp³-hybridized carbons (Fsp3) is 0.611. The maximum Gasteiger partial charge on any atom is 0.109 e. The lowest BCUT2D eigenvalue weighted by molar-refractivity contribution is 0.241. The molecule has 0 saturated heterocycles. The van der Waals surface area contributed by atoms with Crippen LogP contribution in [-0.4, -0.2) is 15.3 Å². The summed E-state index contributed by atoms with van der Waals surface area (Å²) >= 11 is 4.73. The fourth-order valence-corrected chi connectivity index (χ4v) is 4.17. The third-order valence-corrected chi connectivity index (χ3v) is 5.71. The highest BCUT2D eigenvalue weighted by Crippen LogP contribution is 2.38. The molecule has 1 heterocycles. The molecule has 0 aliphatic heterocycles. The van der Waals surface area contributed by atoms with Crippen LogP contribution in [0.3, 0.4) is 0 Å². The minimum Gasteiger partial charge on any atom is -0.327 e. The van der Waals surface area contributed by atoms with Gasteiger partial charge in [-0.15, -0.1) is 0 Å². The molecule has 0 unspecified atom stereocenters. The average Bonchev–Trinajstić information content (AvgIpc) is 2.70. The van der Waals surface area contributed by atoms with Crippen LogP contribution in [0.4, 0.5) is 0 Å². The Morgan fingerprint density at radius 2 is 1.86 bits per heavy atom. The Balaban J connectivity index is 1.98. The van der Waals surface area contributed by atoms with Crippen LogP contribution in [0.1, 0.15) is 51.3 Å². The molecule has 0 spiro atoms. The van der Waals surface area contributed by atoms with Gasteiger partial charge in [0.2, 0.25) is 0 Å². The Morgan fingerprint density at radius 1 is 1.14 bits per heavy atom. The first-order valence-corrected chi connectivity index (χ1v) is 8.96. The summed E-state index contributed by atoms with van der Waals surface area (Å²) < 4.78 is 2.47. The molecule has 114 valence electrons. The van der Waals surface area contributed by atoms with E-state index in [9.17, 15) is 0 Å². The van der Waals surface area contributed by atoms with Crippen molar-refractivity contribution < 1.29 is 0 Å². The summed E-state index contributed by atoms with van der Waals surface area (Å²) in [5.41, 5.74) is 2.78. The second-order valence-corrected chi connectivity index (χ2v) is 6.84. The van der Waals surface area contributed by atoms with Crippen molar-refractivity contribution in [1.29, 1.82) is 0 Å². The molecule has 1 aromatic carbocycles. The van der Waals surface area contributed by atoms with Gasteiger partial charge in [0.1, 0.15) is 5.82 Å². The third-order valence-electron chi connectivity index (χ3n) is 5.04. The summed E-state index contributed by atoms with van der Waals surface area (Å²) in [7, 11) is 0. The zero-order valence-electron chi connectivity index (χ0n) is 13.0. The van der Waals surface area contributed by atoms with E-state index in [-0.39, 0.29) is 0 Å². The van der Waals surface area contributed by atoms with Crippen LogP contribution < -0.4 is 0 Å². The van der Waals surface area contributed by atoms with Crippen LogP contribution in [0.15, 0.2) is 24.3 Å². The summed E-state index contributed by atoms with van der Waals surface area (Å²) in [6.07, 6.45) is 9.11. The van der Waals surface area contributed by atoms with E-state index in [1.54, 1.807) is 0 Å². The molecular formula is C18H26N2S. The van der Waals surface area contributed by atoms with Crippen LogP contribution in [-0.2, 0) is 13.0 Å². The highest BCUT2D eigenvalue weighted by molar-refractivity contribution is 7.80. The lowest BCUT2D eigenvalue weighted by Gasteiger charge is -2.32. The monoisotopic (exact) mass is 302 g/mol. The molecule has 0 N–H and O–H groups in total. The molecule has 0 amide bonds. The molecule has 0 radical (unpaired) electrons. The van der Waals surface area contributed by atoms with Gasteiger partial charge in [-0.25, -0.2) is 4.98 Å². The number of benzene rings is 1. The summed E-state index contributed by atoms with van der Waals surface area (Å²) in [4.78, 5) is 4.82. The normalized spacial score (nSPS) is 18.8. The minimum absolute atomic E-state index is 0.354. The number of imidazole rings is 1. The highest BCUT2D eigenvalue weighted by atomic mass is 32.1. The summed E-state index contributed by atoms with van der Waals surface area (Å²) in [5, 5.41) is 0. The van der Waals surface area contributed by atoms with Crippen molar-refractivity contribution in [3.05, 3.63) is 30.1 Å². The van der Waals surface area contributed by atoms with Gasteiger partial charge in [0, 0.05) is 13.0 Å². The SMILES string of the molecule is CCc1nc2ccccc2n1CC1(CS)CCCCCC1. The van der Waals surface area contributed by atoms with Gasteiger partial charge in [-0.3, -0.25) is 0 Å². The van der Waals surface area contributed by atoms with E-state index in [1.807, 2.05) is 0 Å². The summed E-state index contributed by atoms with van der Waals surface area (Å²) in [6, 6.07) is 8.55. The van der Waals surface area contributed by atoms with Crippen LogP contribution >= 0.6 is 12.6 Å². The molecule has 21 heavy (non-hydrogen) atoms. The molecule has 0 bridgehead atoms. The first kappa shape index (κ1) is 15.0. The number of rotatable bonds is 4. The van der Waals surface area contributed by atoms with E-state index in [0.29, 0.717) is 5.41 Å². The standard InChI is InChI=1S/C18H26N2S/c1-2-17-19-15-9-5-6-10-16(15)20(17)13-18(14-21)11-7-3-4-8-12-18/h5-6,9-10,21H,2-4,7-8,11-14H2,1H3. The number of thiol groups is 1. The van der Waals surface area contributed by atoms with Crippen molar-refractivity contribution in [3.8, 4) is 0 Å². The molecule has 1 fully saturated rings. The predicted octanol–water partition coefficient (Wildman–Crippen LogP) is 4.87. The molecule has 2 aromatic rings. The minimum atomic E-state index is 0.354. The molecule has 3 rings (SSSR count). The molecular weight excluding hydrogens is 276 g/mol. The Kier molecular flexibility index (Phi) is 4.58. The first-order valence-electron chi connectivity index (χ1n) is 8.33. The second-order valence-electron chi connectivity index (χ2n) is 6.53.